The van der Waals surface area contributed by atoms with Crippen LogP contribution in [0.3, 0.4) is 0 Å². The molecule has 0 amide bonds. The molecule has 1 rings (SSSR count). The number of hydrogen-bond donors (Lipinski definition) is 0. The molecule has 0 atom stereocenters. The first-order valence-corrected chi connectivity index (χ1v) is 4.50. The Morgan fingerprint density at radius 1 is 1.08 bits per heavy atom. The van der Waals surface area contributed by atoms with Crippen molar-refractivity contribution in [2.75, 3.05) is 21.1 Å². The molecule has 0 bridgehead atoms. The fraction of sp³-hybridized carbons (Fsp3) is 1.00. The van der Waals surface area contributed by atoms with E-state index in [1.54, 1.807) is 0 Å². The van der Waals surface area contributed by atoms with Crippen LogP contribution in [0.5, 0.6) is 0 Å². The summed E-state index contributed by atoms with van der Waals surface area (Å²) in [5.74, 6) is 0. The summed E-state index contributed by atoms with van der Waals surface area (Å²) in [5.41, 5.74) is 0.179. The van der Waals surface area contributed by atoms with E-state index in [0.29, 0.717) is 0 Å². The zero-order chi connectivity index (χ0) is 8.32. The average Bonchev–Trinajstić information content (AvgIpc) is 2.05. The van der Waals surface area contributed by atoms with Gasteiger partial charge in [0, 0.05) is 0 Å². The van der Waals surface area contributed by atoms with Crippen LogP contribution in [0.2, 0.25) is 0 Å². The predicted octanol–water partition coefficient (Wildman–Crippen LogP) is -0.784. The van der Waals surface area contributed by atoms with E-state index in [0.717, 1.165) is 0 Å². The van der Waals surface area contributed by atoms with Crippen LogP contribution >= 0.6 is 0 Å². The maximum Gasteiger partial charge on any atom is 1.00 e. The van der Waals surface area contributed by atoms with Gasteiger partial charge in [0.05, 0.1) is 0 Å². The number of hydrogen-bond acceptors (Lipinski definition) is 1. The first-order valence-electron chi connectivity index (χ1n) is 4.50. The summed E-state index contributed by atoms with van der Waals surface area (Å²) in [7, 11) is 6.22. The van der Waals surface area contributed by atoms with Crippen molar-refractivity contribution in [3.05, 3.63) is 5.32 Å². The van der Waals surface area contributed by atoms with Crippen LogP contribution in [0.15, 0.2) is 0 Å². The summed E-state index contributed by atoms with van der Waals surface area (Å²) in [6.07, 6.45) is 6.57. The summed E-state index contributed by atoms with van der Waals surface area (Å²) in [5, 5.41) is 4.50. The zero-order valence-electron chi connectivity index (χ0n) is 8.93. The first kappa shape index (κ1) is 12.5. The Hall–Kier alpha value is 0.517. The van der Waals surface area contributed by atoms with E-state index in [1.807, 2.05) is 7.05 Å². The van der Waals surface area contributed by atoms with Gasteiger partial charge in [0.2, 0.25) is 0 Å². The molecule has 0 unspecified atom stereocenters. The van der Waals surface area contributed by atoms with E-state index in [9.17, 15) is 0 Å². The second-order valence-electron chi connectivity index (χ2n) is 3.66. The molecule has 1 aliphatic carbocycles. The van der Waals surface area contributed by atoms with Crippen molar-refractivity contribution in [3.63, 3.8) is 0 Å². The van der Waals surface area contributed by atoms with Crippen LogP contribution in [0.4, 0.5) is 0 Å². The van der Waals surface area contributed by atoms with Gasteiger partial charge in [-0.15, -0.1) is 0 Å². The van der Waals surface area contributed by atoms with E-state index >= 15 is 0 Å². The van der Waals surface area contributed by atoms with Gasteiger partial charge in [-0.1, -0.05) is 37.8 Å². The summed E-state index contributed by atoms with van der Waals surface area (Å²) >= 11 is 0. The van der Waals surface area contributed by atoms with Gasteiger partial charge in [0.1, 0.15) is 0 Å². The molecule has 66 valence electrons. The summed E-state index contributed by atoms with van der Waals surface area (Å²) < 4.78 is 0. The standard InChI is InChI=1S/C9H19N2.Li/c1-10-9(11(2)3)7-5-4-6-8-9;/h4-8H2,1-3H3;/q-1;+1. The molecule has 0 aliphatic heterocycles. The van der Waals surface area contributed by atoms with E-state index < -0.39 is 0 Å². The third-order valence-corrected chi connectivity index (χ3v) is 2.90. The first-order chi connectivity index (χ1) is 5.21. The fourth-order valence-corrected chi connectivity index (χ4v) is 1.99. The van der Waals surface area contributed by atoms with Gasteiger partial charge in [-0.05, 0) is 14.1 Å². The minimum Gasteiger partial charge on any atom is -0.647 e. The molecule has 2 nitrogen and oxygen atoms in total. The van der Waals surface area contributed by atoms with Gasteiger partial charge in [-0.25, -0.2) is 0 Å². The molecule has 0 aromatic carbocycles. The van der Waals surface area contributed by atoms with Gasteiger partial charge < -0.3 is 10.2 Å². The van der Waals surface area contributed by atoms with Crippen molar-refractivity contribution in [1.29, 1.82) is 0 Å². The fourth-order valence-electron chi connectivity index (χ4n) is 1.99. The van der Waals surface area contributed by atoms with Crippen molar-refractivity contribution in [3.8, 4) is 0 Å². The zero-order valence-corrected chi connectivity index (χ0v) is 8.93. The molecule has 0 radical (unpaired) electrons. The van der Waals surface area contributed by atoms with Crippen LogP contribution in [-0.2, 0) is 0 Å². The van der Waals surface area contributed by atoms with Gasteiger partial charge in [-0.3, -0.25) is 0 Å². The van der Waals surface area contributed by atoms with Gasteiger partial charge in [0.15, 0.2) is 0 Å². The minimum atomic E-state index is 0. The van der Waals surface area contributed by atoms with Crippen LogP contribution < -0.4 is 18.9 Å². The third kappa shape index (κ3) is 2.50. The van der Waals surface area contributed by atoms with Crippen molar-refractivity contribution in [1.82, 2.24) is 4.90 Å². The van der Waals surface area contributed by atoms with E-state index in [4.69, 9.17) is 0 Å². The Morgan fingerprint density at radius 2 is 1.58 bits per heavy atom. The molecule has 1 saturated carbocycles. The molecule has 12 heavy (non-hydrogen) atoms. The molecular formula is C9H19LiN2. The van der Waals surface area contributed by atoms with Gasteiger partial charge >= 0.3 is 18.9 Å². The van der Waals surface area contributed by atoms with Crippen molar-refractivity contribution in [2.45, 2.75) is 37.8 Å². The van der Waals surface area contributed by atoms with Crippen molar-refractivity contribution < 1.29 is 18.9 Å². The summed E-state index contributed by atoms with van der Waals surface area (Å²) in [6.45, 7) is 0. The SMILES string of the molecule is C[N-]C1(N(C)C)CCCCC1.[Li+]. The predicted molar refractivity (Wildman–Crippen MR) is 48.8 cm³/mol. The van der Waals surface area contributed by atoms with E-state index in [2.05, 4.69) is 24.3 Å². The van der Waals surface area contributed by atoms with E-state index in [-0.39, 0.29) is 24.5 Å². The summed E-state index contributed by atoms with van der Waals surface area (Å²) in [4.78, 5) is 2.27. The maximum atomic E-state index is 4.50. The topological polar surface area (TPSA) is 17.3 Å². The molecule has 0 heterocycles. The quantitative estimate of drug-likeness (QED) is 0.487. The van der Waals surface area contributed by atoms with Crippen LogP contribution in [0.25, 0.3) is 5.32 Å². The Bertz CT molecular complexity index is 120. The molecule has 0 spiro atoms. The number of rotatable bonds is 2. The van der Waals surface area contributed by atoms with Gasteiger partial charge in [-0.2, -0.15) is 7.05 Å². The van der Waals surface area contributed by atoms with Crippen molar-refractivity contribution in [2.24, 2.45) is 0 Å². The van der Waals surface area contributed by atoms with Crippen LogP contribution in [0, 0.1) is 0 Å². The smallest absolute Gasteiger partial charge is 0.647 e. The Kier molecular flexibility index (Phi) is 5.52. The molecule has 0 N–H and O–H groups in total. The van der Waals surface area contributed by atoms with Crippen LogP contribution in [0.1, 0.15) is 32.1 Å². The molecule has 0 aromatic rings. The Labute approximate surface area is 88.3 Å². The molecule has 3 heteroatoms. The largest absolute Gasteiger partial charge is 1.00 e. The molecule has 1 fully saturated rings. The second kappa shape index (κ2) is 5.29. The molecule has 0 saturated heterocycles. The van der Waals surface area contributed by atoms with E-state index in [1.165, 1.54) is 32.1 Å². The molecule has 1 aliphatic rings. The third-order valence-electron chi connectivity index (χ3n) is 2.90. The number of nitrogens with zero attached hydrogens (tertiary/aromatic N) is 2. The normalized spacial score (nSPS) is 22.0. The Morgan fingerprint density at radius 3 is 1.83 bits per heavy atom. The monoisotopic (exact) mass is 162 g/mol. The van der Waals surface area contributed by atoms with Gasteiger partial charge in [0.25, 0.3) is 0 Å². The second-order valence-corrected chi connectivity index (χ2v) is 3.66. The Balaban J connectivity index is 0.00000121. The minimum absolute atomic E-state index is 0. The molecule has 0 aromatic heterocycles. The molecular weight excluding hydrogens is 143 g/mol. The van der Waals surface area contributed by atoms with Crippen LogP contribution in [-0.4, -0.2) is 31.7 Å². The average molecular weight is 162 g/mol. The summed E-state index contributed by atoms with van der Waals surface area (Å²) in [6, 6.07) is 0. The maximum absolute atomic E-state index is 4.50. The van der Waals surface area contributed by atoms with Crippen molar-refractivity contribution >= 4 is 0 Å².